The van der Waals surface area contributed by atoms with Gasteiger partial charge in [0.25, 0.3) is 11.6 Å². The maximum atomic E-state index is 12.1. The molecule has 0 aliphatic carbocycles. The number of nitro benzene ring substituents is 1. The van der Waals surface area contributed by atoms with Gasteiger partial charge in [-0.2, -0.15) is 0 Å². The number of carbonyl (C=O) groups is 1. The third-order valence-electron chi connectivity index (χ3n) is 3.45. The molecule has 5 heteroatoms. The molecule has 0 spiro atoms. The molecule has 0 unspecified atom stereocenters. The fourth-order valence-electron chi connectivity index (χ4n) is 2.21. The molecule has 1 N–H and O–H groups in total. The molecule has 1 atom stereocenters. The number of rotatable bonds is 7. The van der Waals surface area contributed by atoms with Gasteiger partial charge in [0.15, 0.2) is 0 Å². The third-order valence-corrected chi connectivity index (χ3v) is 3.45. The highest BCUT2D eigenvalue weighted by molar-refractivity contribution is 5.94. The molecule has 0 saturated heterocycles. The van der Waals surface area contributed by atoms with E-state index in [9.17, 15) is 14.9 Å². The molecular formula is C16H24N2O3. The van der Waals surface area contributed by atoms with E-state index < -0.39 is 4.92 Å². The van der Waals surface area contributed by atoms with E-state index >= 15 is 0 Å². The molecule has 1 rings (SSSR count). The van der Waals surface area contributed by atoms with Crippen LogP contribution < -0.4 is 5.32 Å². The quantitative estimate of drug-likeness (QED) is 0.613. The second kappa shape index (κ2) is 7.76. The number of nitrogens with one attached hydrogen (secondary N) is 1. The van der Waals surface area contributed by atoms with E-state index in [-0.39, 0.29) is 17.6 Å². The Morgan fingerprint density at radius 3 is 2.48 bits per heavy atom. The van der Waals surface area contributed by atoms with Crippen LogP contribution in [0, 0.1) is 23.0 Å². The summed E-state index contributed by atoms with van der Waals surface area (Å²) in [5.74, 6) is 0.496. The lowest BCUT2D eigenvalue weighted by Crippen LogP contribution is -2.32. The van der Waals surface area contributed by atoms with Crippen molar-refractivity contribution < 1.29 is 9.72 Å². The standard InChI is InChI=1S/C16H24N2O3/c1-11(2)6-5-7-13(4)17-16(19)14-8-9-15(18(20)21)12(3)10-14/h8-11,13H,5-7H2,1-4H3,(H,17,19)/t13-/m1/s1. The molecule has 0 aliphatic rings. The molecule has 21 heavy (non-hydrogen) atoms. The smallest absolute Gasteiger partial charge is 0.272 e. The van der Waals surface area contributed by atoms with E-state index in [4.69, 9.17) is 0 Å². The van der Waals surface area contributed by atoms with Crippen molar-refractivity contribution in [3.8, 4) is 0 Å². The van der Waals surface area contributed by atoms with E-state index in [1.807, 2.05) is 6.92 Å². The summed E-state index contributed by atoms with van der Waals surface area (Å²) >= 11 is 0. The maximum absolute atomic E-state index is 12.1. The van der Waals surface area contributed by atoms with Gasteiger partial charge in [0.05, 0.1) is 4.92 Å². The summed E-state index contributed by atoms with van der Waals surface area (Å²) in [5.41, 5.74) is 1.01. The first-order valence-electron chi connectivity index (χ1n) is 7.37. The first kappa shape index (κ1) is 17.1. The highest BCUT2D eigenvalue weighted by atomic mass is 16.6. The van der Waals surface area contributed by atoms with Crippen molar-refractivity contribution in [3.05, 3.63) is 39.4 Å². The summed E-state index contributed by atoms with van der Waals surface area (Å²) in [6, 6.07) is 4.55. The Hall–Kier alpha value is -1.91. The first-order valence-corrected chi connectivity index (χ1v) is 7.37. The van der Waals surface area contributed by atoms with Crippen molar-refractivity contribution in [1.82, 2.24) is 5.32 Å². The molecule has 1 amide bonds. The summed E-state index contributed by atoms with van der Waals surface area (Å²) in [4.78, 5) is 22.4. The van der Waals surface area contributed by atoms with E-state index in [1.165, 1.54) is 12.1 Å². The lowest BCUT2D eigenvalue weighted by atomic mass is 10.0. The number of aryl methyl sites for hydroxylation is 1. The van der Waals surface area contributed by atoms with Crippen LogP contribution in [0.2, 0.25) is 0 Å². The number of benzene rings is 1. The van der Waals surface area contributed by atoms with Crippen LogP contribution in [0.1, 0.15) is 56.0 Å². The zero-order chi connectivity index (χ0) is 16.0. The molecule has 0 bridgehead atoms. The van der Waals surface area contributed by atoms with Crippen LogP contribution >= 0.6 is 0 Å². The van der Waals surface area contributed by atoms with E-state index in [0.717, 1.165) is 19.3 Å². The Kier molecular flexibility index (Phi) is 6.34. The summed E-state index contributed by atoms with van der Waals surface area (Å²) < 4.78 is 0. The molecule has 116 valence electrons. The average Bonchev–Trinajstić information content (AvgIpc) is 2.37. The van der Waals surface area contributed by atoms with Gasteiger partial charge in [-0.05, 0) is 38.3 Å². The number of carbonyl (C=O) groups excluding carboxylic acids is 1. The summed E-state index contributed by atoms with van der Waals surface area (Å²) in [6.45, 7) is 7.99. The Morgan fingerprint density at radius 2 is 1.95 bits per heavy atom. The number of hydrogen-bond acceptors (Lipinski definition) is 3. The molecular weight excluding hydrogens is 268 g/mol. The minimum atomic E-state index is -0.439. The number of hydrogen-bond donors (Lipinski definition) is 1. The second-order valence-corrected chi connectivity index (χ2v) is 5.96. The van der Waals surface area contributed by atoms with Crippen molar-refractivity contribution in [1.29, 1.82) is 0 Å². The molecule has 0 fully saturated rings. The minimum absolute atomic E-state index is 0.0385. The molecule has 0 heterocycles. The summed E-state index contributed by atoms with van der Waals surface area (Å²) in [7, 11) is 0. The van der Waals surface area contributed by atoms with Crippen LogP contribution in [-0.4, -0.2) is 16.9 Å². The fourth-order valence-corrected chi connectivity index (χ4v) is 2.21. The zero-order valence-electron chi connectivity index (χ0n) is 13.2. The van der Waals surface area contributed by atoms with Crippen LogP contribution in [0.25, 0.3) is 0 Å². The normalized spacial score (nSPS) is 12.2. The molecule has 0 saturated carbocycles. The average molecular weight is 292 g/mol. The molecule has 5 nitrogen and oxygen atoms in total. The van der Waals surface area contributed by atoms with Gasteiger partial charge in [-0.25, -0.2) is 0 Å². The van der Waals surface area contributed by atoms with Gasteiger partial charge in [0.1, 0.15) is 0 Å². The molecule has 1 aromatic carbocycles. The van der Waals surface area contributed by atoms with Crippen molar-refractivity contribution >= 4 is 11.6 Å². The Bertz CT molecular complexity index is 512. The van der Waals surface area contributed by atoms with Gasteiger partial charge < -0.3 is 5.32 Å². The van der Waals surface area contributed by atoms with Crippen LogP contribution in [0.3, 0.4) is 0 Å². The van der Waals surface area contributed by atoms with Crippen LogP contribution in [-0.2, 0) is 0 Å². The number of amides is 1. The molecule has 0 radical (unpaired) electrons. The van der Waals surface area contributed by atoms with Crippen molar-refractivity contribution in [3.63, 3.8) is 0 Å². The Morgan fingerprint density at radius 1 is 1.29 bits per heavy atom. The van der Waals surface area contributed by atoms with Gasteiger partial charge in [0, 0.05) is 23.2 Å². The monoisotopic (exact) mass is 292 g/mol. The Labute approximate surface area is 125 Å². The van der Waals surface area contributed by atoms with Gasteiger partial charge >= 0.3 is 0 Å². The van der Waals surface area contributed by atoms with Crippen molar-refractivity contribution in [2.45, 2.75) is 53.0 Å². The van der Waals surface area contributed by atoms with Crippen LogP contribution in [0.5, 0.6) is 0 Å². The lowest BCUT2D eigenvalue weighted by molar-refractivity contribution is -0.385. The van der Waals surface area contributed by atoms with E-state index in [1.54, 1.807) is 13.0 Å². The SMILES string of the molecule is Cc1cc(C(=O)N[C@H](C)CCCC(C)C)ccc1[N+](=O)[O-]. The van der Waals surface area contributed by atoms with Crippen molar-refractivity contribution in [2.24, 2.45) is 5.92 Å². The third kappa shape index (κ3) is 5.53. The highest BCUT2D eigenvalue weighted by Crippen LogP contribution is 2.19. The lowest BCUT2D eigenvalue weighted by Gasteiger charge is -2.14. The predicted octanol–water partition coefficient (Wildman–Crippen LogP) is 3.85. The minimum Gasteiger partial charge on any atom is -0.350 e. The summed E-state index contributed by atoms with van der Waals surface area (Å²) in [6.07, 6.45) is 3.17. The first-order chi connectivity index (χ1) is 9.81. The summed E-state index contributed by atoms with van der Waals surface area (Å²) in [5, 5.41) is 13.7. The van der Waals surface area contributed by atoms with Crippen LogP contribution in [0.15, 0.2) is 18.2 Å². The Balaban J connectivity index is 2.59. The highest BCUT2D eigenvalue weighted by Gasteiger charge is 2.15. The molecule has 1 aromatic rings. The van der Waals surface area contributed by atoms with E-state index in [0.29, 0.717) is 17.0 Å². The van der Waals surface area contributed by atoms with Gasteiger partial charge in [-0.1, -0.05) is 26.7 Å². The van der Waals surface area contributed by atoms with Gasteiger partial charge in [-0.15, -0.1) is 0 Å². The number of nitro groups is 1. The predicted molar refractivity (Wildman–Crippen MR) is 83.5 cm³/mol. The molecule has 0 aliphatic heterocycles. The fraction of sp³-hybridized carbons (Fsp3) is 0.562. The van der Waals surface area contributed by atoms with Crippen LogP contribution in [0.4, 0.5) is 5.69 Å². The van der Waals surface area contributed by atoms with Gasteiger partial charge in [0.2, 0.25) is 0 Å². The largest absolute Gasteiger partial charge is 0.350 e. The molecule has 0 aromatic heterocycles. The van der Waals surface area contributed by atoms with Crippen molar-refractivity contribution in [2.75, 3.05) is 0 Å². The van der Waals surface area contributed by atoms with E-state index in [2.05, 4.69) is 19.2 Å². The maximum Gasteiger partial charge on any atom is 0.272 e. The second-order valence-electron chi connectivity index (χ2n) is 5.96. The zero-order valence-corrected chi connectivity index (χ0v) is 13.2. The number of nitrogens with zero attached hydrogens (tertiary/aromatic N) is 1. The van der Waals surface area contributed by atoms with Gasteiger partial charge in [-0.3, -0.25) is 14.9 Å². The topological polar surface area (TPSA) is 72.2 Å².